The van der Waals surface area contributed by atoms with Gasteiger partial charge in [0.2, 0.25) is 0 Å². The van der Waals surface area contributed by atoms with Crippen molar-refractivity contribution < 1.29 is 22.6 Å². The number of alkyl halides is 2. The Kier molecular flexibility index (Phi) is 4.63. The quantitative estimate of drug-likeness (QED) is 0.831. The molecule has 0 amide bonds. The molecule has 1 fully saturated rings. The maximum atomic E-state index is 14.1. The fraction of sp³-hybridized carbons (Fsp3) is 0.400. The van der Waals surface area contributed by atoms with E-state index in [-0.39, 0.29) is 17.2 Å². The molecule has 0 spiro atoms. The van der Waals surface area contributed by atoms with Gasteiger partial charge in [0, 0.05) is 24.5 Å². The van der Waals surface area contributed by atoms with E-state index in [0.717, 1.165) is 18.5 Å². The number of halogens is 3. The van der Waals surface area contributed by atoms with Gasteiger partial charge in [-0.05, 0) is 25.0 Å². The Bertz CT molecular complexity index is 641. The van der Waals surface area contributed by atoms with Gasteiger partial charge in [0.1, 0.15) is 16.6 Å². The van der Waals surface area contributed by atoms with Gasteiger partial charge in [-0.3, -0.25) is 0 Å². The second-order valence-electron chi connectivity index (χ2n) is 4.96. The molecule has 0 radical (unpaired) electrons. The molecule has 2 aromatic rings. The maximum Gasteiger partial charge on any atom is 0.387 e. The lowest BCUT2D eigenvalue weighted by Gasteiger charge is -2.20. The van der Waals surface area contributed by atoms with Gasteiger partial charge in [-0.1, -0.05) is 6.07 Å². The van der Waals surface area contributed by atoms with Crippen molar-refractivity contribution in [1.82, 2.24) is 4.98 Å². The first-order valence-electron chi connectivity index (χ1n) is 6.92. The highest BCUT2D eigenvalue weighted by molar-refractivity contribution is 7.13. The minimum atomic E-state index is -3.00. The molecule has 0 saturated carbocycles. The number of hydrogen-bond acceptors (Lipinski definition) is 4. The summed E-state index contributed by atoms with van der Waals surface area (Å²) < 4.78 is 48.7. The highest BCUT2D eigenvalue weighted by Gasteiger charge is 2.22. The molecule has 1 aliphatic rings. The molecule has 3 nitrogen and oxygen atoms in total. The number of aromatic nitrogens is 1. The number of rotatable bonds is 4. The lowest BCUT2D eigenvalue weighted by Crippen LogP contribution is -2.14. The molecule has 3 rings (SSSR count). The van der Waals surface area contributed by atoms with Crippen molar-refractivity contribution in [3.05, 3.63) is 35.1 Å². The number of ether oxygens (including phenoxy) is 2. The highest BCUT2D eigenvalue weighted by atomic mass is 32.1. The number of nitrogens with zero attached hydrogens (tertiary/aromatic N) is 1. The molecule has 0 unspecified atom stereocenters. The Morgan fingerprint density at radius 1 is 1.27 bits per heavy atom. The zero-order chi connectivity index (χ0) is 15.5. The van der Waals surface area contributed by atoms with Crippen LogP contribution in [0.25, 0.3) is 10.6 Å². The normalized spacial score (nSPS) is 16.2. The van der Waals surface area contributed by atoms with Crippen molar-refractivity contribution in [3.63, 3.8) is 0 Å². The molecule has 118 valence electrons. The monoisotopic (exact) mass is 329 g/mol. The largest absolute Gasteiger partial charge is 0.434 e. The van der Waals surface area contributed by atoms with E-state index in [1.165, 1.54) is 29.5 Å². The molecule has 7 heteroatoms. The van der Waals surface area contributed by atoms with Crippen molar-refractivity contribution >= 4 is 11.3 Å². The van der Waals surface area contributed by atoms with Crippen LogP contribution in [-0.4, -0.2) is 24.8 Å². The van der Waals surface area contributed by atoms with Crippen LogP contribution in [-0.2, 0) is 4.74 Å². The molecule has 0 atom stereocenters. The summed E-state index contributed by atoms with van der Waals surface area (Å²) in [6.45, 7) is -1.65. The molecule has 2 heterocycles. The summed E-state index contributed by atoms with van der Waals surface area (Å²) in [5.41, 5.74) is 0.848. The number of benzene rings is 1. The molecular weight excluding hydrogens is 315 g/mol. The summed E-state index contributed by atoms with van der Waals surface area (Å²) in [6, 6.07) is 3.87. The molecule has 0 bridgehead atoms. The van der Waals surface area contributed by atoms with E-state index in [2.05, 4.69) is 9.72 Å². The second-order valence-corrected chi connectivity index (χ2v) is 5.81. The fourth-order valence-corrected chi connectivity index (χ4v) is 3.44. The average molecular weight is 329 g/mol. The lowest BCUT2D eigenvalue weighted by atomic mass is 9.97. The van der Waals surface area contributed by atoms with E-state index in [1.54, 1.807) is 0 Å². The smallest absolute Gasteiger partial charge is 0.387 e. The number of hydrogen-bond donors (Lipinski definition) is 0. The highest BCUT2D eigenvalue weighted by Crippen LogP contribution is 2.37. The van der Waals surface area contributed by atoms with E-state index in [1.807, 2.05) is 5.38 Å². The lowest BCUT2D eigenvalue weighted by molar-refractivity contribution is -0.0495. The van der Waals surface area contributed by atoms with Crippen LogP contribution in [0.2, 0.25) is 0 Å². The first-order chi connectivity index (χ1) is 10.6. The van der Waals surface area contributed by atoms with Crippen molar-refractivity contribution in [2.45, 2.75) is 25.4 Å². The van der Waals surface area contributed by atoms with Gasteiger partial charge in [0.15, 0.2) is 0 Å². The third-order valence-electron chi connectivity index (χ3n) is 3.57. The van der Waals surface area contributed by atoms with Crippen LogP contribution in [0.5, 0.6) is 5.75 Å². The van der Waals surface area contributed by atoms with Crippen molar-refractivity contribution in [2.75, 3.05) is 13.2 Å². The third kappa shape index (κ3) is 3.25. The van der Waals surface area contributed by atoms with E-state index in [0.29, 0.717) is 18.2 Å². The molecule has 0 N–H and O–H groups in total. The average Bonchev–Trinajstić information content (AvgIpc) is 2.97. The third-order valence-corrected chi connectivity index (χ3v) is 4.44. The summed E-state index contributed by atoms with van der Waals surface area (Å²) in [7, 11) is 0. The zero-order valence-electron chi connectivity index (χ0n) is 11.6. The first-order valence-corrected chi connectivity index (χ1v) is 7.80. The van der Waals surface area contributed by atoms with E-state index in [4.69, 9.17) is 4.74 Å². The van der Waals surface area contributed by atoms with E-state index < -0.39 is 12.4 Å². The zero-order valence-corrected chi connectivity index (χ0v) is 12.4. The standard InChI is InChI=1S/C15H14F3NO2S/c16-10-2-1-3-12(21-15(17)18)13(10)14-19-11(8-22-14)9-4-6-20-7-5-9/h1-3,8-9,15H,4-7H2. The summed E-state index contributed by atoms with van der Waals surface area (Å²) in [4.78, 5) is 4.43. The van der Waals surface area contributed by atoms with Gasteiger partial charge in [-0.15, -0.1) is 11.3 Å². The Morgan fingerprint density at radius 2 is 2.05 bits per heavy atom. The van der Waals surface area contributed by atoms with Crippen LogP contribution in [0.4, 0.5) is 13.2 Å². The Labute approximate surface area is 129 Å². The fourth-order valence-electron chi connectivity index (χ4n) is 2.49. The maximum absolute atomic E-state index is 14.1. The summed E-state index contributed by atoms with van der Waals surface area (Å²) >= 11 is 1.23. The van der Waals surface area contributed by atoms with Gasteiger partial charge >= 0.3 is 6.61 Å². The minimum Gasteiger partial charge on any atom is -0.434 e. The molecule has 1 aromatic heterocycles. The summed E-state index contributed by atoms with van der Waals surface area (Å²) in [5, 5.41) is 2.21. The molecule has 0 aliphatic carbocycles. The molecule has 1 aliphatic heterocycles. The van der Waals surface area contributed by atoms with Crippen molar-refractivity contribution in [3.8, 4) is 16.3 Å². The Balaban J connectivity index is 1.92. The SMILES string of the molecule is Fc1cccc(OC(F)F)c1-c1nc(C2CCOCC2)cs1. The Morgan fingerprint density at radius 3 is 2.77 bits per heavy atom. The predicted molar refractivity (Wildman–Crippen MR) is 76.9 cm³/mol. The van der Waals surface area contributed by atoms with Gasteiger partial charge in [-0.2, -0.15) is 8.78 Å². The number of thiazole rings is 1. The van der Waals surface area contributed by atoms with E-state index in [9.17, 15) is 13.2 Å². The van der Waals surface area contributed by atoms with E-state index >= 15 is 0 Å². The molecular formula is C15H14F3NO2S. The van der Waals surface area contributed by atoms with Gasteiger partial charge in [0.25, 0.3) is 0 Å². The van der Waals surface area contributed by atoms with Crippen LogP contribution >= 0.6 is 11.3 Å². The van der Waals surface area contributed by atoms with Crippen LogP contribution in [0.15, 0.2) is 23.6 Å². The molecule has 1 saturated heterocycles. The molecule has 1 aromatic carbocycles. The van der Waals surface area contributed by atoms with Gasteiger partial charge < -0.3 is 9.47 Å². The van der Waals surface area contributed by atoms with Crippen LogP contribution in [0.1, 0.15) is 24.5 Å². The summed E-state index contributed by atoms with van der Waals surface area (Å²) in [6.07, 6.45) is 1.72. The first kappa shape index (κ1) is 15.3. The predicted octanol–water partition coefficient (Wildman–Crippen LogP) is 4.44. The van der Waals surface area contributed by atoms with Crippen molar-refractivity contribution in [2.24, 2.45) is 0 Å². The minimum absolute atomic E-state index is 0.00823. The second kappa shape index (κ2) is 6.66. The van der Waals surface area contributed by atoms with Crippen LogP contribution in [0, 0.1) is 5.82 Å². The Hall–Kier alpha value is -1.60. The van der Waals surface area contributed by atoms with Crippen LogP contribution in [0.3, 0.4) is 0 Å². The van der Waals surface area contributed by atoms with Gasteiger partial charge in [0.05, 0.1) is 11.3 Å². The van der Waals surface area contributed by atoms with Crippen molar-refractivity contribution in [1.29, 1.82) is 0 Å². The summed E-state index contributed by atoms with van der Waals surface area (Å²) in [5.74, 6) is -0.543. The molecule has 22 heavy (non-hydrogen) atoms. The van der Waals surface area contributed by atoms with Gasteiger partial charge in [-0.25, -0.2) is 9.37 Å². The van der Waals surface area contributed by atoms with Crippen LogP contribution < -0.4 is 4.74 Å². The topological polar surface area (TPSA) is 31.4 Å².